The molecule has 22 heavy (non-hydrogen) atoms. The average Bonchev–Trinajstić information content (AvgIpc) is 2.85. The second kappa shape index (κ2) is 5.02. The van der Waals surface area contributed by atoms with E-state index in [1.165, 1.54) is 5.39 Å². The molecule has 1 aliphatic heterocycles. The minimum Gasteiger partial charge on any atom is -0.489 e. The van der Waals surface area contributed by atoms with Gasteiger partial charge in [0.2, 0.25) is 0 Å². The Hall–Kier alpha value is -2.55. The summed E-state index contributed by atoms with van der Waals surface area (Å²) in [5.41, 5.74) is 4.13. The van der Waals surface area contributed by atoms with Crippen molar-refractivity contribution in [1.29, 1.82) is 0 Å². The van der Waals surface area contributed by atoms with E-state index in [1.54, 1.807) is 0 Å². The molecular formula is C19H17NO2. The largest absolute Gasteiger partial charge is 0.489 e. The first-order valence-electron chi connectivity index (χ1n) is 7.59. The maximum absolute atomic E-state index is 12.0. The van der Waals surface area contributed by atoms with Crippen LogP contribution in [0.15, 0.2) is 48.5 Å². The number of carbonyl (C=O) groups excluding carboxylic acids is 1. The van der Waals surface area contributed by atoms with Crippen LogP contribution in [0.1, 0.15) is 18.9 Å². The Kier molecular flexibility index (Phi) is 3.00. The lowest BCUT2D eigenvalue weighted by Gasteiger charge is -2.15. The molecule has 0 aliphatic carbocycles. The van der Waals surface area contributed by atoms with Crippen LogP contribution in [0, 0.1) is 0 Å². The number of fused-ring (bicyclic) bond motifs is 2. The summed E-state index contributed by atoms with van der Waals surface area (Å²) < 4.78 is 6.07. The van der Waals surface area contributed by atoms with Crippen LogP contribution >= 0.6 is 0 Å². The van der Waals surface area contributed by atoms with Crippen molar-refractivity contribution in [1.82, 2.24) is 4.98 Å². The molecule has 2 aromatic carbocycles. The highest BCUT2D eigenvalue weighted by Gasteiger charge is 2.23. The maximum atomic E-state index is 12.0. The number of para-hydroxylation sites is 2. The summed E-state index contributed by atoms with van der Waals surface area (Å²) >= 11 is 0. The minimum absolute atomic E-state index is 0.0840. The van der Waals surface area contributed by atoms with Crippen molar-refractivity contribution in [3.05, 3.63) is 54.1 Å². The van der Waals surface area contributed by atoms with Crippen LogP contribution in [-0.4, -0.2) is 16.9 Å². The van der Waals surface area contributed by atoms with E-state index < -0.39 is 0 Å². The molecule has 0 saturated heterocycles. The number of hydrogen-bond acceptors (Lipinski definition) is 2. The van der Waals surface area contributed by atoms with Crippen molar-refractivity contribution in [2.45, 2.75) is 25.9 Å². The Bertz CT molecular complexity index is 830. The van der Waals surface area contributed by atoms with Crippen molar-refractivity contribution in [3.8, 4) is 17.0 Å². The monoisotopic (exact) mass is 291 g/mol. The number of aromatic nitrogens is 1. The number of benzene rings is 2. The third kappa shape index (κ3) is 2.19. The van der Waals surface area contributed by atoms with Gasteiger partial charge in [-0.3, -0.25) is 4.79 Å². The van der Waals surface area contributed by atoms with E-state index >= 15 is 0 Å². The highest BCUT2D eigenvalue weighted by Crippen LogP contribution is 2.37. The molecule has 0 saturated carbocycles. The Morgan fingerprint density at radius 1 is 1.14 bits per heavy atom. The Labute approximate surface area is 128 Å². The number of Topliss-reactive ketones (excluding diaryl/α,β-unsaturated/α-hetero) is 1. The van der Waals surface area contributed by atoms with Gasteiger partial charge in [-0.2, -0.15) is 0 Å². The van der Waals surface area contributed by atoms with Gasteiger partial charge in [-0.1, -0.05) is 30.3 Å². The van der Waals surface area contributed by atoms with Gasteiger partial charge in [0.25, 0.3) is 0 Å². The molecule has 3 heteroatoms. The van der Waals surface area contributed by atoms with E-state index in [0.29, 0.717) is 12.8 Å². The van der Waals surface area contributed by atoms with Gasteiger partial charge in [-0.05, 0) is 25.1 Å². The molecule has 4 rings (SSSR count). The number of ketones is 1. The molecule has 1 aliphatic rings. The molecule has 1 aromatic heterocycles. The third-order valence-electron chi connectivity index (χ3n) is 4.14. The summed E-state index contributed by atoms with van der Waals surface area (Å²) in [6.07, 6.45) is 0.841. The summed E-state index contributed by atoms with van der Waals surface area (Å²) in [5, 5.41) is 1.17. The second-order valence-corrected chi connectivity index (χ2v) is 5.91. The molecule has 110 valence electrons. The number of hydrogen-bond donors (Lipinski definition) is 1. The third-order valence-corrected chi connectivity index (χ3v) is 4.14. The van der Waals surface area contributed by atoms with Crippen LogP contribution in [0.3, 0.4) is 0 Å². The molecule has 0 unspecified atom stereocenters. The van der Waals surface area contributed by atoms with Gasteiger partial charge in [0.15, 0.2) is 0 Å². The maximum Gasteiger partial charge on any atom is 0.141 e. The molecule has 1 atom stereocenters. The van der Waals surface area contributed by atoms with E-state index in [0.717, 1.165) is 28.1 Å². The normalized spacial score (nSPS) is 17.9. The van der Waals surface area contributed by atoms with Crippen LogP contribution < -0.4 is 4.74 Å². The fourth-order valence-electron chi connectivity index (χ4n) is 3.14. The van der Waals surface area contributed by atoms with Crippen LogP contribution in [0.4, 0.5) is 0 Å². The number of rotatable bonds is 1. The molecule has 0 fully saturated rings. The lowest BCUT2D eigenvalue weighted by atomic mass is 10.0. The van der Waals surface area contributed by atoms with Gasteiger partial charge >= 0.3 is 0 Å². The van der Waals surface area contributed by atoms with E-state index in [2.05, 4.69) is 23.2 Å². The molecule has 3 nitrogen and oxygen atoms in total. The second-order valence-electron chi connectivity index (χ2n) is 5.91. The predicted octanol–water partition coefficient (Wildman–Crippen LogP) is 4.12. The molecule has 0 radical (unpaired) electrons. The molecule has 1 N–H and O–H groups in total. The van der Waals surface area contributed by atoms with E-state index in [-0.39, 0.29) is 11.9 Å². The van der Waals surface area contributed by atoms with E-state index in [1.807, 2.05) is 37.3 Å². The minimum atomic E-state index is -0.0840. The predicted molar refractivity (Wildman–Crippen MR) is 87.2 cm³/mol. The van der Waals surface area contributed by atoms with Crippen LogP contribution in [-0.2, 0) is 11.2 Å². The van der Waals surface area contributed by atoms with Gasteiger partial charge in [0.05, 0.1) is 5.69 Å². The molecular weight excluding hydrogens is 274 g/mol. The summed E-state index contributed by atoms with van der Waals surface area (Å²) in [7, 11) is 0. The van der Waals surface area contributed by atoms with Gasteiger partial charge in [-0.25, -0.2) is 0 Å². The Morgan fingerprint density at radius 2 is 2.00 bits per heavy atom. The standard InChI is InChI=1S/C19H17NO2/c1-12-9-15(21)10-14-6-4-7-16(19(14)22-12)18-11-13-5-2-3-8-17(13)20-18/h2-8,11-12,20H,9-10H2,1H3/t12-/m1/s1. The highest BCUT2D eigenvalue weighted by molar-refractivity contribution is 5.89. The topological polar surface area (TPSA) is 42.1 Å². The number of aromatic amines is 1. The lowest BCUT2D eigenvalue weighted by molar-refractivity contribution is -0.119. The zero-order chi connectivity index (χ0) is 15.1. The smallest absolute Gasteiger partial charge is 0.141 e. The summed E-state index contributed by atoms with van der Waals surface area (Å²) in [5.74, 6) is 1.08. The summed E-state index contributed by atoms with van der Waals surface area (Å²) in [6, 6.07) is 16.4. The first-order valence-corrected chi connectivity index (χ1v) is 7.59. The fourth-order valence-corrected chi connectivity index (χ4v) is 3.14. The van der Waals surface area contributed by atoms with Gasteiger partial charge in [0.1, 0.15) is 17.6 Å². The van der Waals surface area contributed by atoms with Gasteiger partial charge in [0, 0.05) is 34.9 Å². The molecule has 0 spiro atoms. The first kappa shape index (κ1) is 13.1. The summed E-state index contributed by atoms with van der Waals surface area (Å²) in [6.45, 7) is 1.95. The van der Waals surface area contributed by atoms with Gasteiger partial charge < -0.3 is 9.72 Å². The zero-order valence-corrected chi connectivity index (χ0v) is 12.4. The summed E-state index contributed by atoms with van der Waals surface area (Å²) in [4.78, 5) is 15.4. The van der Waals surface area contributed by atoms with Crippen molar-refractivity contribution < 1.29 is 9.53 Å². The van der Waals surface area contributed by atoms with Crippen molar-refractivity contribution in [2.24, 2.45) is 0 Å². The van der Waals surface area contributed by atoms with Crippen molar-refractivity contribution in [3.63, 3.8) is 0 Å². The lowest BCUT2D eigenvalue weighted by Crippen LogP contribution is -2.14. The molecule has 3 aromatic rings. The highest BCUT2D eigenvalue weighted by atomic mass is 16.5. The SMILES string of the molecule is C[C@@H]1CC(=O)Cc2cccc(-c3cc4ccccc4[nH]3)c2O1. The Balaban J connectivity index is 1.89. The van der Waals surface area contributed by atoms with E-state index in [4.69, 9.17) is 4.74 Å². The van der Waals surface area contributed by atoms with Crippen LogP contribution in [0.25, 0.3) is 22.2 Å². The first-order chi connectivity index (χ1) is 10.7. The Morgan fingerprint density at radius 3 is 2.86 bits per heavy atom. The molecule has 2 heterocycles. The average molecular weight is 291 g/mol. The number of carbonyl (C=O) groups is 1. The molecule has 0 bridgehead atoms. The molecule has 0 amide bonds. The van der Waals surface area contributed by atoms with Crippen LogP contribution in [0.5, 0.6) is 5.75 Å². The number of nitrogens with one attached hydrogen (secondary N) is 1. The zero-order valence-electron chi connectivity index (χ0n) is 12.4. The van der Waals surface area contributed by atoms with E-state index in [9.17, 15) is 4.79 Å². The van der Waals surface area contributed by atoms with Crippen molar-refractivity contribution >= 4 is 16.7 Å². The van der Waals surface area contributed by atoms with Gasteiger partial charge in [-0.15, -0.1) is 0 Å². The number of ether oxygens (including phenoxy) is 1. The van der Waals surface area contributed by atoms with Crippen molar-refractivity contribution in [2.75, 3.05) is 0 Å². The van der Waals surface area contributed by atoms with Crippen LogP contribution in [0.2, 0.25) is 0 Å². The quantitative estimate of drug-likeness (QED) is 0.733. The fraction of sp³-hybridized carbons (Fsp3) is 0.211. The number of H-pyrrole nitrogens is 1.